The molecule has 0 aromatic heterocycles. The molecule has 6 nitrogen and oxygen atoms in total. The molecule has 2 fully saturated rings. The van der Waals surface area contributed by atoms with E-state index < -0.39 is 23.8 Å². The summed E-state index contributed by atoms with van der Waals surface area (Å²) in [6.45, 7) is 0.543. The quantitative estimate of drug-likeness (QED) is 0.730. The minimum atomic E-state index is -0.902. The number of likely N-dealkylation sites (tertiary alicyclic amines) is 1. The van der Waals surface area contributed by atoms with E-state index in [0.717, 1.165) is 12.8 Å². The van der Waals surface area contributed by atoms with E-state index in [2.05, 4.69) is 5.32 Å². The van der Waals surface area contributed by atoms with Crippen LogP contribution in [0.2, 0.25) is 0 Å². The molecule has 1 saturated heterocycles. The van der Waals surface area contributed by atoms with Gasteiger partial charge in [-0.15, -0.1) is 0 Å². The summed E-state index contributed by atoms with van der Waals surface area (Å²) in [5.41, 5.74) is 0. The predicted molar refractivity (Wildman–Crippen MR) is 74.2 cm³/mol. The van der Waals surface area contributed by atoms with E-state index in [4.69, 9.17) is 0 Å². The first-order valence-electron chi connectivity index (χ1n) is 7.47. The largest absolute Gasteiger partial charge is 0.481 e. The van der Waals surface area contributed by atoms with Crippen LogP contribution in [0.15, 0.2) is 12.2 Å². The maximum atomic E-state index is 12.8. The monoisotopic (exact) mass is 292 g/mol. The number of allylic oxidation sites excluding steroid dienone is 2. The maximum absolute atomic E-state index is 12.8. The molecule has 3 rings (SSSR count). The van der Waals surface area contributed by atoms with Crippen LogP contribution in [-0.4, -0.2) is 47.4 Å². The second-order valence-corrected chi connectivity index (χ2v) is 6.14. The molecular weight excluding hydrogens is 272 g/mol. The first-order chi connectivity index (χ1) is 10.0. The van der Waals surface area contributed by atoms with Crippen LogP contribution in [0.4, 0.5) is 0 Å². The van der Waals surface area contributed by atoms with Gasteiger partial charge in [0.05, 0.1) is 11.8 Å². The van der Waals surface area contributed by atoms with Gasteiger partial charge in [-0.2, -0.15) is 0 Å². The van der Waals surface area contributed by atoms with Crippen molar-refractivity contribution in [2.75, 3.05) is 13.6 Å². The number of likely N-dealkylation sites (N-methyl/N-ethyl adjacent to an activating group) is 1. The lowest BCUT2D eigenvalue weighted by Gasteiger charge is -2.31. The van der Waals surface area contributed by atoms with Gasteiger partial charge in [0.25, 0.3) is 0 Å². The summed E-state index contributed by atoms with van der Waals surface area (Å²) in [5.74, 6) is -2.41. The van der Waals surface area contributed by atoms with Crippen LogP contribution in [0, 0.1) is 23.7 Å². The van der Waals surface area contributed by atoms with Gasteiger partial charge in [-0.1, -0.05) is 12.2 Å². The Morgan fingerprint density at radius 1 is 1.19 bits per heavy atom. The highest BCUT2D eigenvalue weighted by atomic mass is 16.4. The molecule has 0 aromatic rings. The van der Waals surface area contributed by atoms with Gasteiger partial charge in [-0.25, -0.2) is 0 Å². The number of fused-ring (bicyclic) bond motifs is 2. The average molecular weight is 292 g/mol. The normalized spacial score (nSPS) is 37.0. The van der Waals surface area contributed by atoms with Crippen LogP contribution in [-0.2, 0) is 14.4 Å². The molecular formula is C15H20N2O4. The summed E-state index contributed by atoms with van der Waals surface area (Å²) in [6.07, 6.45) is 6.08. The fourth-order valence-corrected chi connectivity index (χ4v) is 4.16. The molecule has 0 radical (unpaired) electrons. The number of nitrogens with one attached hydrogen (secondary N) is 1. The molecule has 5 atom stereocenters. The third-order valence-electron chi connectivity index (χ3n) is 5.11. The van der Waals surface area contributed by atoms with Crippen molar-refractivity contribution in [3.05, 3.63) is 12.2 Å². The summed E-state index contributed by atoms with van der Waals surface area (Å²) in [5, 5.41) is 12.0. The van der Waals surface area contributed by atoms with E-state index in [1.54, 1.807) is 11.9 Å². The van der Waals surface area contributed by atoms with Crippen molar-refractivity contribution in [2.45, 2.75) is 25.3 Å². The van der Waals surface area contributed by atoms with Crippen molar-refractivity contribution < 1.29 is 19.5 Å². The SMILES string of the molecule is CNC(=O)C1CCCN1C(=O)C1C2C=CC(C2)C1C(=O)O. The van der Waals surface area contributed by atoms with Crippen LogP contribution in [0.3, 0.4) is 0 Å². The van der Waals surface area contributed by atoms with Crippen LogP contribution in [0.1, 0.15) is 19.3 Å². The molecule has 0 spiro atoms. The second-order valence-electron chi connectivity index (χ2n) is 6.14. The van der Waals surface area contributed by atoms with E-state index in [1.807, 2.05) is 12.2 Å². The van der Waals surface area contributed by atoms with Gasteiger partial charge in [0.15, 0.2) is 0 Å². The van der Waals surface area contributed by atoms with E-state index in [1.165, 1.54) is 0 Å². The highest BCUT2D eigenvalue weighted by Crippen LogP contribution is 2.49. The van der Waals surface area contributed by atoms with Crippen molar-refractivity contribution in [2.24, 2.45) is 23.7 Å². The molecule has 3 aliphatic rings. The maximum Gasteiger partial charge on any atom is 0.307 e. The number of rotatable bonds is 3. The Hall–Kier alpha value is -1.85. The van der Waals surface area contributed by atoms with Crippen molar-refractivity contribution in [3.63, 3.8) is 0 Å². The number of nitrogens with zero attached hydrogens (tertiary/aromatic N) is 1. The summed E-state index contributed by atoms with van der Waals surface area (Å²) in [4.78, 5) is 37.8. The van der Waals surface area contributed by atoms with Gasteiger partial charge in [0, 0.05) is 13.6 Å². The van der Waals surface area contributed by atoms with Gasteiger partial charge < -0.3 is 15.3 Å². The van der Waals surface area contributed by atoms with Gasteiger partial charge in [0.2, 0.25) is 11.8 Å². The lowest BCUT2D eigenvalue weighted by atomic mass is 9.82. The van der Waals surface area contributed by atoms with E-state index >= 15 is 0 Å². The molecule has 2 amide bonds. The van der Waals surface area contributed by atoms with Crippen LogP contribution in [0.5, 0.6) is 0 Å². The van der Waals surface area contributed by atoms with Crippen LogP contribution >= 0.6 is 0 Å². The lowest BCUT2D eigenvalue weighted by molar-refractivity contribution is -0.152. The summed E-state index contributed by atoms with van der Waals surface area (Å²) >= 11 is 0. The molecule has 2 bridgehead atoms. The molecule has 0 aromatic carbocycles. The van der Waals surface area contributed by atoms with Gasteiger partial charge >= 0.3 is 5.97 Å². The molecule has 2 aliphatic carbocycles. The van der Waals surface area contributed by atoms with Crippen molar-refractivity contribution in [3.8, 4) is 0 Å². The van der Waals surface area contributed by atoms with E-state index in [-0.39, 0.29) is 23.7 Å². The molecule has 1 saturated carbocycles. The van der Waals surface area contributed by atoms with Crippen molar-refractivity contribution in [1.29, 1.82) is 0 Å². The van der Waals surface area contributed by atoms with Crippen LogP contribution < -0.4 is 5.32 Å². The smallest absolute Gasteiger partial charge is 0.307 e. The predicted octanol–water partition coefficient (Wildman–Crippen LogP) is 0.246. The number of carboxylic acid groups (broad SMARTS) is 1. The zero-order chi connectivity index (χ0) is 15.1. The van der Waals surface area contributed by atoms with Crippen LogP contribution in [0.25, 0.3) is 0 Å². The summed E-state index contributed by atoms with van der Waals surface area (Å²) < 4.78 is 0. The van der Waals surface area contributed by atoms with Gasteiger partial charge in [-0.05, 0) is 31.1 Å². The molecule has 21 heavy (non-hydrogen) atoms. The summed E-state index contributed by atoms with van der Waals surface area (Å²) in [6, 6.07) is -0.444. The standard InChI is InChI=1S/C15H20N2O4/c1-16-13(18)10-3-2-6-17(10)14(19)11-8-4-5-9(7-8)12(11)15(20)21/h4-5,8-12H,2-3,6-7H2,1H3,(H,16,18)(H,20,21). The number of hydrogen-bond donors (Lipinski definition) is 2. The topological polar surface area (TPSA) is 86.7 Å². The fourth-order valence-electron chi connectivity index (χ4n) is 4.16. The van der Waals surface area contributed by atoms with Crippen molar-refractivity contribution >= 4 is 17.8 Å². The molecule has 5 unspecified atom stereocenters. The van der Waals surface area contributed by atoms with Gasteiger partial charge in [-0.3, -0.25) is 14.4 Å². The average Bonchev–Trinajstić information content (AvgIpc) is 3.18. The number of carbonyl (C=O) groups is 3. The number of hydrogen-bond acceptors (Lipinski definition) is 3. The number of carbonyl (C=O) groups excluding carboxylic acids is 2. The molecule has 2 N–H and O–H groups in total. The van der Waals surface area contributed by atoms with E-state index in [0.29, 0.717) is 13.0 Å². The Morgan fingerprint density at radius 2 is 1.86 bits per heavy atom. The number of carboxylic acids is 1. The first kappa shape index (κ1) is 14.1. The van der Waals surface area contributed by atoms with Gasteiger partial charge in [0.1, 0.15) is 6.04 Å². The molecule has 114 valence electrons. The van der Waals surface area contributed by atoms with Crippen molar-refractivity contribution in [1.82, 2.24) is 10.2 Å². The zero-order valence-corrected chi connectivity index (χ0v) is 12.0. The highest BCUT2D eigenvalue weighted by Gasteiger charge is 2.53. The molecule has 1 heterocycles. The Bertz CT molecular complexity index is 516. The third kappa shape index (κ3) is 2.13. The molecule has 1 aliphatic heterocycles. The number of amides is 2. The summed E-state index contributed by atoms with van der Waals surface area (Å²) in [7, 11) is 1.56. The molecule has 6 heteroatoms. The second kappa shape index (κ2) is 5.16. The first-order valence-corrected chi connectivity index (χ1v) is 7.47. The minimum Gasteiger partial charge on any atom is -0.481 e. The Balaban J connectivity index is 1.83. The zero-order valence-electron chi connectivity index (χ0n) is 12.0. The highest BCUT2D eigenvalue weighted by molar-refractivity contribution is 5.92. The lowest BCUT2D eigenvalue weighted by Crippen LogP contribution is -2.49. The Labute approximate surface area is 123 Å². The minimum absolute atomic E-state index is 0.00883. The Kier molecular flexibility index (Phi) is 3.47. The van der Waals surface area contributed by atoms with E-state index in [9.17, 15) is 19.5 Å². The third-order valence-corrected chi connectivity index (χ3v) is 5.11. The fraction of sp³-hybridized carbons (Fsp3) is 0.667. The Morgan fingerprint density at radius 3 is 2.48 bits per heavy atom. The number of aliphatic carboxylic acids is 1.